The van der Waals surface area contributed by atoms with Gasteiger partial charge in [0.15, 0.2) is 5.84 Å². The molecule has 1 aromatic rings. The second-order valence-electron chi connectivity index (χ2n) is 5.79. The monoisotopic (exact) mass is 292 g/mol. The van der Waals surface area contributed by atoms with Crippen LogP contribution in [0.2, 0.25) is 0 Å². The smallest absolute Gasteiger partial charge is 0.174 e. The molecule has 1 aliphatic carbocycles. The van der Waals surface area contributed by atoms with E-state index in [1.165, 1.54) is 0 Å². The lowest BCUT2D eigenvalue weighted by Crippen LogP contribution is -2.44. The average molecular weight is 292 g/mol. The van der Waals surface area contributed by atoms with Crippen LogP contribution in [0.25, 0.3) is 0 Å². The number of hydrogen-bond acceptors (Lipinski definition) is 5. The number of amidine groups is 1. The third-order valence-corrected chi connectivity index (χ3v) is 4.21. The molecule has 2 atom stereocenters. The summed E-state index contributed by atoms with van der Waals surface area (Å²) in [6, 6.07) is 1.92. The Morgan fingerprint density at radius 1 is 1.38 bits per heavy atom. The van der Waals surface area contributed by atoms with E-state index in [0.717, 1.165) is 36.9 Å². The lowest BCUT2D eigenvalue weighted by Gasteiger charge is -2.37. The van der Waals surface area contributed by atoms with E-state index in [-0.39, 0.29) is 18.0 Å². The molecule has 1 aromatic heterocycles. The molecule has 0 aromatic carbocycles. The molecule has 0 amide bonds. The van der Waals surface area contributed by atoms with Crippen molar-refractivity contribution in [2.45, 2.75) is 51.7 Å². The summed E-state index contributed by atoms with van der Waals surface area (Å²) >= 11 is 0. The quantitative estimate of drug-likeness (QED) is 0.340. The maximum Gasteiger partial charge on any atom is 0.174 e. The molecule has 2 rings (SSSR count). The van der Waals surface area contributed by atoms with Crippen LogP contribution in [0.4, 0.5) is 5.82 Å². The maximum absolute atomic E-state index is 10.2. The molecule has 1 saturated carbocycles. The summed E-state index contributed by atoms with van der Waals surface area (Å²) in [4.78, 5) is 6.52. The summed E-state index contributed by atoms with van der Waals surface area (Å²) in [5.74, 6) is 0.709. The van der Waals surface area contributed by atoms with Gasteiger partial charge in [-0.15, -0.1) is 0 Å². The van der Waals surface area contributed by atoms with Gasteiger partial charge in [-0.2, -0.15) is 0 Å². The van der Waals surface area contributed by atoms with Crippen LogP contribution in [-0.2, 0) is 0 Å². The summed E-state index contributed by atoms with van der Waals surface area (Å²) in [6.07, 6.45) is 3.50. The van der Waals surface area contributed by atoms with Crippen LogP contribution >= 0.6 is 0 Å². The molecule has 0 radical (unpaired) electrons. The Labute approximate surface area is 125 Å². The molecule has 21 heavy (non-hydrogen) atoms. The summed E-state index contributed by atoms with van der Waals surface area (Å²) in [6.45, 7) is 3.83. The molecular weight excluding hydrogens is 268 g/mol. The van der Waals surface area contributed by atoms with Crippen LogP contribution in [0.1, 0.15) is 42.5 Å². The van der Waals surface area contributed by atoms with E-state index in [1.807, 2.05) is 31.9 Å². The molecule has 6 heteroatoms. The Bertz CT molecular complexity index is 545. The van der Waals surface area contributed by atoms with Crippen LogP contribution in [0.3, 0.4) is 0 Å². The highest BCUT2D eigenvalue weighted by Crippen LogP contribution is 2.29. The highest BCUT2D eigenvalue weighted by Gasteiger charge is 2.29. The Morgan fingerprint density at radius 3 is 2.67 bits per heavy atom. The molecule has 1 aliphatic rings. The number of oxime groups is 1. The van der Waals surface area contributed by atoms with Crippen LogP contribution in [-0.4, -0.2) is 40.3 Å². The summed E-state index contributed by atoms with van der Waals surface area (Å²) in [5, 5.41) is 22.4. The average Bonchev–Trinajstić information content (AvgIpc) is 2.45. The Hall–Kier alpha value is -1.82. The first-order valence-electron chi connectivity index (χ1n) is 7.32. The SMILES string of the molecule is Cc1cc(C)c(/C(N)=N/O)c(N(C)C2CCCCC2O)n1. The first kappa shape index (κ1) is 15.6. The van der Waals surface area contributed by atoms with Crippen molar-refractivity contribution in [3.8, 4) is 0 Å². The highest BCUT2D eigenvalue weighted by atomic mass is 16.4. The second kappa shape index (κ2) is 6.30. The molecule has 116 valence electrons. The van der Waals surface area contributed by atoms with Gasteiger partial charge in [0.25, 0.3) is 0 Å². The number of likely N-dealkylation sites (N-methyl/N-ethyl adjacent to an activating group) is 1. The Balaban J connectivity index is 2.46. The minimum Gasteiger partial charge on any atom is -0.409 e. The number of aliphatic hydroxyl groups excluding tert-OH is 1. The molecule has 4 N–H and O–H groups in total. The van der Waals surface area contributed by atoms with Crippen molar-refractivity contribution in [1.29, 1.82) is 0 Å². The maximum atomic E-state index is 10.2. The third-order valence-electron chi connectivity index (χ3n) is 4.21. The standard InChI is InChI=1S/C15H24N4O2/c1-9-8-10(2)17-15(13(9)14(16)18-21)19(3)11-6-4-5-7-12(11)20/h8,11-12,20-21H,4-7H2,1-3H3,(H2,16,18). The molecule has 2 unspecified atom stereocenters. The molecule has 0 bridgehead atoms. The van der Waals surface area contributed by atoms with Crippen molar-refractivity contribution in [2.75, 3.05) is 11.9 Å². The zero-order chi connectivity index (χ0) is 15.6. The van der Waals surface area contributed by atoms with Crippen molar-refractivity contribution >= 4 is 11.7 Å². The van der Waals surface area contributed by atoms with E-state index in [2.05, 4.69) is 10.1 Å². The molecule has 6 nitrogen and oxygen atoms in total. The number of pyridine rings is 1. The first-order chi connectivity index (χ1) is 9.95. The van der Waals surface area contributed by atoms with Gasteiger partial charge in [0.05, 0.1) is 17.7 Å². The number of anilines is 1. The lowest BCUT2D eigenvalue weighted by molar-refractivity contribution is 0.106. The van der Waals surface area contributed by atoms with Gasteiger partial charge in [-0.05, 0) is 38.3 Å². The van der Waals surface area contributed by atoms with Gasteiger partial charge in [0.2, 0.25) is 0 Å². The Morgan fingerprint density at radius 2 is 2.05 bits per heavy atom. The number of aliphatic hydroxyl groups is 1. The second-order valence-corrected chi connectivity index (χ2v) is 5.79. The fourth-order valence-corrected chi connectivity index (χ4v) is 3.14. The summed E-state index contributed by atoms with van der Waals surface area (Å²) in [7, 11) is 1.91. The third kappa shape index (κ3) is 3.10. The van der Waals surface area contributed by atoms with Crippen LogP contribution < -0.4 is 10.6 Å². The summed E-state index contributed by atoms with van der Waals surface area (Å²) < 4.78 is 0. The van der Waals surface area contributed by atoms with E-state index in [4.69, 9.17) is 10.9 Å². The molecule has 1 fully saturated rings. The molecule has 0 spiro atoms. The normalized spacial score (nSPS) is 23.1. The number of aryl methyl sites for hydroxylation is 2. The number of aromatic nitrogens is 1. The number of nitrogens with two attached hydrogens (primary N) is 1. The Kier molecular flexibility index (Phi) is 4.67. The van der Waals surface area contributed by atoms with Crippen LogP contribution in [0, 0.1) is 13.8 Å². The fraction of sp³-hybridized carbons (Fsp3) is 0.600. The zero-order valence-corrected chi connectivity index (χ0v) is 12.9. The topological polar surface area (TPSA) is 95.0 Å². The fourth-order valence-electron chi connectivity index (χ4n) is 3.14. The van der Waals surface area contributed by atoms with E-state index >= 15 is 0 Å². The van der Waals surface area contributed by atoms with Gasteiger partial charge >= 0.3 is 0 Å². The zero-order valence-electron chi connectivity index (χ0n) is 12.9. The van der Waals surface area contributed by atoms with Gasteiger partial charge in [-0.1, -0.05) is 18.0 Å². The van der Waals surface area contributed by atoms with Crippen LogP contribution in [0.5, 0.6) is 0 Å². The van der Waals surface area contributed by atoms with E-state index in [0.29, 0.717) is 11.4 Å². The van der Waals surface area contributed by atoms with Crippen molar-refractivity contribution in [3.63, 3.8) is 0 Å². The van der Waals surface area contributed by atoms with E-state index in [1.54, 1.807) is 0 Å². The highest BCUT2D eigenvalue weighted by molar-refractivity contribution is 6.02. The molecular formula is C15H24N4O2. The lowest BCUT2D eigenvalue weighted by atomic mass is 9.91. The van der Waals surface area contributed by atoms with Crippen molar-refractivity contribution in [1.82, 2.24) is 4.98 Å². The number of hydrogen-bond donors (Lipinski definition) is 3. The van der Waals surface area contributed by atoms with Crippen molar-refractivity contribution in [3.05, 3.63) is 22.9 Å². The van der Waals surface area contributed by atoms with Gasteiger partial charge < -0.3 is 20.9 Å². The predicted molar refractivity (Wildman–Crippen MR) is 82.9 cm³/mol. The predicted octanol–water partition coefficient (Wildman–Crippen LogP) is 1.53. The minimum atomic E-state index is -0.369. The number of rotatable bonds is 3. The van der Waals surface area contributed by atoms with Gasteiger partial charge in [0.1, 0.15) is 5.82 Å². The molecule has 0 saturated heterocycles. The van der Waals surface area contributed by atoms with Gasteiger partial charge in [-0.3, -0.25) is 0 Å². The number of nitrogens with zero attached hydrogens (tertiary/aromatic N) is 3. The van der Waals surface area contributed by atoms with Crippen molar-refractivity contribution in [2.24, 2.45) is 10.9 Å². The first-order valence-corrected chi connectivity index (χ1v) is 7.32. The molecule has 1 heterocycles. The van der Waals surface area contributed by atoms with Gasteiger partial charge in [-0.25, -0.2) is 4.98 Å². The van der Waals surface area contributed by atoms with E-state index in [9.17, 15) is 5.11 Å². The van der Waals surface area contributed by atoms with Gasteiger partial charge in [0, 0.05) is 12.7 Å². The minimum absolute atomic E-state index is 0.0118. The summed E-state index contributed by atoms with van der Waals surface area (Å²) in [5.41, 5.74) is 8.22. The van der Waals surface area contributed by atoms with Crippen molar-refractivity contribution < 1.29 is 10.3 Å². The molecule has 0 aliphatic heterocycles. The largest absolute Gasteiger partial charge is 0.409 e. The van der Waals surface area contributed by atoms with E-state index < -0.39 is 0 Å². The van der Waals surface area contributed by atoms with Crippen LogP contribution in [0.15, 0.2) is 11.2 Å².